The largest absolute Gasteiger partial charge is 0.330 e. The molecular formula is C14H20N2O. The predicted octanol–water partition coefficient (Wildman–Crippen LogP) is 2.25. The summed E-state index contributed by atoms with van der Waals surface area (Å²) < 4.78 is 0. The molecule has 92 valence electrons. The molecule has 3 N–H and O–H groups in total. The number of anilines is 1. The van der Waals surface area contributed by atoms with Crippen LogP contribution in [0.3, 0.4) is 0 Å². The van der Waals surface area contributed by atoms with E-state index in [0.29, 0.717) is 6.54 Å². The molecule has 0 bridgehead atoms. The summed E-state index contributed by atoms with van der Waals surface area (Å²) in [4.78, 5) is 11.7. The Balaban J connectivity index is 2.46. The van der Waals surface area contributed by atoms with Crippen LogP contribution in [0.5, 0.6) is 0 Å². The lowest BCUT2D eigenvalue weighted by atomic mass is 9.91. The fourth-order valence-electron chi connectivity index (χ4n) is 2.45. The monoisotopic (exact) mass is 232 g/mol. The van der Waals surface area contributed by atoms with E-state index in [1.165, 1.54) is 16.7 Å². The van der Waals surface area contributed by atoms with Gasteiger partial charge in [0.05, 0.1) is 5.92 Å². The fourth-order valence-corrected chi connectivity index (χ4v) is 2.45. The molecule has 1 aliphatic rings. The molecule has 1 amide bonds. The number of nitrogens with two attached hydrogens (primary N) is 1. The minimum absolute atomic E-state index is 0.0269. The Morgan fingerprint density at radius 2 is 2.06 bits per heavy atom. The van der Waals surface area contributed by atoms with Crippen LogP contribution >= 0.6 is 0 Å². The molecule has 1 atom stereocenters. The smallest absolute Gasteiger partial charge is 0.231 e. The predicted molar refractivity (Wildman–Crippen MR) is 70.3 cm³/mol. The maximum Gasteiger partial charge on any atom is 0.231 e. The minimum atomic E-state index is -0.0269. The molecule has 2 rings (SSSR count). The first-order valence-corrected chi connectivity index (χ1v) is 6.20. The van der Waals surface area contributed by atoms with Crippen molar-refractivity contribution in [3.05, 3.63) is 28.3 Å². The first-order chi connectivity index (χ1) is 8.06. The van der Waals surface area contributed by atoms with Crippen LogP contribution in [0, 0.1) is 13.8 Å². The summed E-state index contributed by atoms with van der Waals surface area (Å²) in [5, 5.41) is 2.98. The summed E-state index contributed by atoms with van der Waals surface area (Å²) in [7, 11) is 0. The third-order valence-corrected chi connectivity index (χ3v) is 3.80. The number of rotatable bonds is 3. The number of fused-ring (bicyclic) bond motifs is 1. The van der Waals surface area contributed by atoms with Crippen molar-refractivity contribution in [2.24, 2.45) is 5.73 Å². The van der Waals surface area contributed by atoms with Gasteiger partial charge in [0.15, 0.2) is 0 Å². The normalized spacial score (nSPS) is 18.1. The van der Waals surface area contributed by atoms with Gasteiger partial charge in [-0.25, -0.2) is 0 Å². The summed E-state index contributed by atoms with van der Waals surface area (Å²) in [6.45, 7) is 6.87. The number of hydrogen-bond acceptors (Lipinski definition) is 2. The van der Waals surface area contributed by atoms with Gasteiger partial charge in [-0.2, -0.15) is 0 Å². The van der Waals surface area contributed by atoms with Crippen LogP contribution in [0.1, 0.15) is 41.5 Å². The highest BCUT2D eigenvalue weighted by atomic mass is 16.2. The molecule has 1 aromatic rings. The highest BCUT2D eigenvalue weighted by Gasteiger charge is 2.29. The molecule has 0 radical (unpaired) electrons. The minimum Gasteiger partial charge on any atom is -0.330 e. The highest BCUT2D eigenvalue weighted by molar-refractivity contribution is 6.03. The van der Waals surface area contributed by atoms with Gasteiger partial charge in [-0.3, -0.25) is 4.79 Å². The van der Waals surface area contributed by atoms with E-state index >= 15 is 0 Å². The van der Waals surface area contributed by atoms with E-state index in [0.717, 1.165) is 24.1 Å². The summed E-state index contributed by atoms with van der Waals surface area (Å²) in [6, 6.07) is 2.18. The van der Waals surface area contributed by atoms with Gasteiger partial charge in [-0.15, -0.1) is 0 Å². The average Bonchev–Trinajstić information content (AvgIpc) is 2.59. The fraction of sp³-hybridized carbons (Fsp3) is 0.500. The Morgan fingerprint density at radius 3 is 2.71 bits per heavy atom. The highest BCUT2D eigenvalue weighted by Crippen LogP contribution is 2.37. The van der Waals surface area contributed by atoms with Crippen molar-refractivity contribution in [1.82, 2.24) is 0 Å². The summed E-state index contributed by atoms with van der Waals surface area (Å²) in [5.74, 6) is 0.0828. The van der Waals surface area contributed by atoms with Crippen LogP contribution in [0.25, 0.3) is 0 Å². The van der Waals surface area contributed by atoms with Gasteiger partial charge < -0.3 is 11.1 Å². The average molecular weight is 232 g/mol. The first-order valence-electron chi connectivity index (χ1n) is 6.20. The molecule has 1 aromatic carbocycles. The van der Waals surface area contributed by atoms with Crippen molar-refractivity contribution in [3.63, 3.8) is 0 Å². The van der Waals surface area contributed by atoms with Crippen molar-refractivity contribution < 1.29 is 4.79 Å². The molecule has 0 aliphatic carbocycles. The summed E-state index contributed by atoms with van der Waals surface area (Å²) in [5.41, 5.74) is 11.5. The lowest BCUT2D eigenvalue weighted by molar-refractivity contribution is -0.116. The molecule has 0 saturated carbocycles. The van der Waals surface area contributed by atoms with E-state index in [1.54, 1.807) is 0 Å². The van der Waals surface area contributed by atoms with Crippen molar-refractivity contribution in [1.29, 1.82) is 0 Å². The number of carbonyl (C=O) groups excluding carboxylic acids is 1. The SMILES string of the molecule is Cc1c(CCCN)cc2c(c1C)NC(=O)C2C. The number of benzene rings is 1. The first kappa shape index (κ1) is 12.1. The van der Waals surface area contributed by atoms with Crippen molar-refractivity contribution in [2.75, 3.05) is 11.9 Å². The van der Waals surface area contributed by atoms with Gasteiger partial charge >= 0.3 is 0 Å². The number of nitrogens with one attached hydrogen (secondary N) is 1. The van der Waals surface area contributed by atoms with Crippen LogP contribution in [-0.2, 0) is 11.2 Å². The third kappa shape index (κ3) is 1.95. The molecule has 0 spiro atoms. The Morgan fingerprint density at radius 1 is 1.35 bits per heavy atom. The van der Waals surface area contributed by atoms with Gasteiger partial charge in [-0.1, -0.05) is 6.07 Å². The number of aryl methyl sites for hydroxylation is 1. The molecule has 3 nitrogen and oxygen atoms in total. The van der Waals surface area contributed by atoms with E-state index in [2.05, 4.69) is 25.2 Å². The zero-order valence-corrected chi connectivity index (χ0v) is 10.8. The van der Waals surface area contributed by atoms with Crippen molar-refractivity contribution >= 4 is 11.6 Å². The Kier molecular flexibility index (Phi) is 3.20. The number of carbonyl (C=O) groups is 1. The van der Waals surface area contributed by atoms with E-state index < -0.39 is 0 Å². The van der Waals surface area contributed by atoms with Crippen LogP contribution in [0.4, 0.5) is 5.69 Å². The molecule has 17 heavy (non-hydrogen) atoms. The van der Waals surface area contributed by atoms with Gasteiger partial charge in [0.25, 0.3) is 0 Å². The molecule has 1 unspecified atom stereocenters. The van der Waals surface area contributed by atoms with E-state index in [-0.39, 0.29) is 11.8 Å². The molecule has 0 fully saturated rings. The van der Waals surface area contributed by atoms with Gasteiger partial charge in [0, 0.05) is 5.69 Å². The van der Waals surface area contributed by atoms with Crippen molar-refractivity contribution in [3.8, 4) is 0 Å². The van der Waals surface area contributed by atoms with Crippen LogP contribution < -0.4 is 11.1 Å². The van der Waals surface area contributed by atoms with Gasteiger partial charge in [0.1, 0.15) is 0 Å². The molecule has 0 aromatic heterocycles. The molecule has 1 heterocycles. The second-order valence-corrected chi connectivity index (χ2v) is 4.85. The standard InChI is InChI=1S/C14H20N2O/c1-8-9(2)13-12(10(3)14(17)16-13)7-11(8)5-4-6-15/h7,10H,4-6,15H2,1-3H3,(H,16,17). The number of hydrogen-bond donors (Lipinski definition) is 2. The molecule has 3 heteroatoms. The quantitative estimate of drug-likeness (QED) is 0.839. The summed E-state index contributed by atoms with van der Waals surface area (Å²) >= 11 is 0. The van der Waals surface area contributed by atoms with Gasteiger partial charge in [-0.05, 0) is 62.4 Å². The van der Waals surface area contributed by atoms with E-state index in [1.807, 2.05) is 6.92 Å². The topological polar surface area (TPSA) is 55.1 Å². The van der Waals surface area contributed by atoms with E-state index in [4.69, 9.17) is 5.73 Å². The zero-order chi connectivity index (χ0) is 12.6. The maximum absolute atomic E-state index is 11.7. The maximum atomic E-state index is 11.7. The second-order valence-electron chi connectivity index (χ2n) is 4.85. The Labute approximate surface area is 102 Å². The Bertz CT molecular complexity index is 466. The van der Waals surface area contributed by atoms with Crippen LogP contribution in [-0.4, -0.2) is 12.5 Å². The van der Waals surface area contributed by atoms with Crippen molar-refractivity contribution in [2.45, 2.75) is 39.5 Å². The van der Waals surface area contributed by atoms with Crippen LogP contribution in [0.15, 0.2) is 6.07 Å². The molecule has 1 aliphatic heterocycles. The molecular weight excluding hydrogens is 212 g/mol. The van der Waals surface area contributed by atoms with E-state index in [9.17, 15) is 4.79 Å². The lowest BCUT2D eigenvalue weighted by Gasteiger charge is -2.14. The number of amides is 1. The van der Waals surface area contributed by atoms with Crippen LogP contribution in [0.2, 0.25) is 0 Å². The third-order valence-electron chi connectivity index (χ3n) is 3.80. The lowest BCUT2D eigenvalue weighted by Crippen LogP contribution is -2.08. The Hall–Kier alpha value is -1.35. The zero-order valence-electron chi connectivity index (χ0n) is 10.8. The summed E-state index contributed by atoms with van der Waals surface area (Å²) in [6.07, 6.45) is 1.99. The van der Waals surface area contributed by atoms with Gasteiger partial charge in [0.2, 0.25) is 5.91 Å². The molecule has 0 saturated heterocycles. The second kappa shape index (κ2) is 4.49.